The fourth-order valence-electron chi connectivity index (χ4n) is 2.54. The zero-order valence-electron chi connectivity index (χ0n) is 13.1. The number of rotatable bonds is 3. The molecule has 2 aromatic heterocycles. The molecule has 0 radical (unpaired) electrons. The normalized spacial score (nSPS) is 11.1. The number of nitrogens with zero attached hydrogens (tertiary/aromatic N) is 1. The van der Waals surface area contributed by atoms with Crippen molar-refractivity contribution in [2.75, 3.05) is 12.4 Å². The minimum absolute atomic E-state index is 0.00127. The Morgan fingerprint density at radius 3 is 2.96 bits per heavy atom. The van der Waals surface area contributed by atoms with Crippen molar-refractivity contribution in [2.24, 2.45) is 0 Å². The Bertz CT molecular complexity index is 1090. The topological polar surface area (TPSA) is 82.8 Å². The number of aromatic nitrogens is 3. The third-order valence-corrected chi connectivity index (χ3v) is 5.89. The number of carbonyl (C=O) groups is 1. The van der Waals surface area contributed by atoms with E-state index in [1.807, 2.05) is 24.4 Å². The second kappa shape index (κ2) is 6.23. The second-order valence-electron chi connectivity index (χ2n) is 5.33. The van der Waals surface area contributed by atoms with Crippen molar-refractivity contribution in [1.82, 2.24) is 15.0 Å². The van der Waals surface area contributed by atoms with Gasteiger partial charge in [0.05, 0.1) is 0 Å². The van der Waals surface area contributed by atoms with Crippen molar-refractivity contribution in [1.29, 1.82) is 0 Å². The van der Waals surface area contributed by atoms with Crippen LogP contribution in [0.15, 0.2) is 42.6 Å². The van der Waals surface area contributed by atoms with Crippen LogP contribution in [0, 0.1) is 5.82 Å². The molecular weight excluding hydrogens is 390 g/mol. The van der Waals surface area contributed by atoms with Crippen molar-refractivity contribution in [3.8, 4) is 0 Å². The Balaban J connectivity index is 1.64. The van der Waals surface area contributed by atoms with E-state index >= 15 is 0 Å². The van der Waals surface area contributed by atoms with E-state index < -0.39 is 6.09 Å². The molecule has 0 aliphatic heterocycles. The zero-order chi connectivity index (χ0) is 17.4. The summed E-state index contributed by atoms with van der Waals surface area (Å²) in [7, 11) is 1.29. The van der Waals surface area contributed by atoms with Crippen LogP contribution in [-0.4, -0.2) is 43.1 Å². The van der Waals surface area contributed by atoms with Crippen LogP contribution in [0.25, 0.3) is 21.9 Å². The summed E-state index contributed by atoms with van der Waals surface area (Å²) in [4.78, 5) is 21.8. The van der Waals surface area contributed by atoms with Crippen LogP contribution in [0.3, 0.4) is 0 Å². The van der Waals surface area contributed by atoms with Crippen molar-refractivity contribution in [3.63, 3.8) is 0 Å². The van der Waals surface area contributed by atoms with E-state index in [1.54, 1.807) is 12.1 Å². The number of ether oxygens (including phenoxy) is 1. The molecule has 2 heterocycles. The Morgan fingerprint density at radius 1 is 1.24 bits per heavy atom. The van der Waals surface area contributed by atoms with Gasteiger partial charge in [-0.3, -0.25) is 0 Å². The molecular formula is C17H13FN4O2Se. The maximum absolute atomic E-state index is 13.5. The number of nitrogens with one attached hydrogen (secondary N) is 3. The number of hydrogen-bond acceptors (Lipinski definition) is 3. The first-order valence-corrected chi connectivity index (χ1v) is 9.13. The van der Waals surface area contributed by atoms with Gasteiger partial charge in [0.2, 0.25) is 0 Å². The van der Waals surface area contributed by atoms with Gasteiger partial charge in [0, 0.05) is 0 Å². The minimum atomic E-state index is -0.579. The van der Waals surface area contributed by atoms with Crippen LogP contribution < -0.4 is 14.2 Å². The monoisotopic (exact) mass is 404 g/mol. The van der Waals surface area contributed by atoms with Crippen molar-refractivity contribution in [2.45, 2.75) is 0 Å². The van der Waals surface area contributed by atoms with Gasteiger partial charge in [0.15, 0.2) is 0 Å². The summed E-state index contributed by atoms with van der Waals surface area (Å²) < 4.78 is 20.3. The molecule has 3 N–H and O–H groups in total. The first-order valence-electron chi connectivity index (χ1n) is 7.41. The number of hydrogen-bond donors (Lipinski definition) is 3. The van der Waals surface area contributed by atoms with Gasteiger partial charge >= 0.3 is 148 Å². The standard InChI is InChI=1S/C17H13FN4O2Se/c1-24-17(23)22-16-20-13-5-3-10(7-14(13)21-16)25-15-8-19-12-4-2-9(18)6-11(12)15/h2-8,19H,1H3,(H2,20,21,22,23). The molecule has 1 amide bonds. The summed E-state index contributed by atoms with van der Waals surface area (Å²) >= 11 is 0.00127. The summed E-state index contributed by atoms with van der Waals surface area (Å²) in [6.07, 6.45) is 1.34. The number of anilines is 1. The molecule has 0 aliphatic rings. The molecule has 6 nitrogen and oxygen atoms in total. The van der Waals surface area contributed by atoms with Gasteiger partial charge in [-0.25, -0.2) is 0 Å². The maximum atomic E-state index is 13.5. The number of carbonyl (C=O) groups excluding carboxylic acids is 1. The second-order valence-corrected chi connectivity index (χ2v) is 7.67. The van der Waals surface area contributed by atoms with Gasteiger partial charge in [-0.2, -0.15) is 0 Å². The van der Waals surface area contributed by atoms with E-state index in [0.717, 1.165) is 30.9 Å². The average Bonchev–Trinajstić information content (AvgIpc) is 3.18. The number of imidazole rings is 1. The molecule has 0 spiro atoms. The fraction of sp³-hybridized carbons (Fsp3) is 0.0588. The molecule has 0 saturated carbocycles. The van der Waals surface area contributed by atoms with E-state index in [1.165, 1.54) is 13.2 Å². The van der Waals surface area contributed by atoms with Gasteiger partial charge in [-0.1, -0.05) is 0 Å². The number of H-pyrrole nitrogens is 2. The number of aromatic amines is 2. The van der Waals surface area contributed by atoms with Crippen LogP contribution in [0.2, 0.25) is 0 Å². The van der Waals surface area contributed by atoms with E-state index in [2.05, 4.69) is 25.0 Å². The average molecular weight is 403 g/mol. The molecule has 126 valence electrons. The van der Waals surface area contributed by atoms with Gasteiger partial charge in [0.1, 0.15) is 0 Å². The first kappa shape index (κ1) is 15.7. The SMILES string of the molecule is COC(=O)Nc1nc2ccc([Se]c3c[nH]c4ccc(F)cc34)cc2[nH]1. The predicted octanol–water partition coefficient (Wildman–Crippen LogP) is 2.02. The van der Waals surface area contributed by atoms with Crippen LogP contribution >= 0.6 is 0 Å². The van der Waals surface area contributed by atoms with Gasteiger partial charge in [-0.15, -0.1) is 0 Å². The number of halogens is 1. The Labute approximate surface area is 147 Å². The predicted molar refractivity (Wildman–Crippen MR) is 95.4 cm³/mol. The number of fused-ring (bicyclic) bond motifs is 2. The number of benzene rings is 2. The molecule has 0 fully saturated rings. The van der Waals surface area contributed by atoms with Crippen LogP contribution in [0.4, 0.5) is 15.1 Å². The molecule has 8 heteroatoms. The van der Waals surface area contributed by atoms with Crippen molar-refractivity contribution < 1.29 is 13.9 Å². The summed E-state index contributed by atoms with van der Waals surface area (Å²) in [5.41, 5.74) is 2.48. The van der Waals surface area contributed by atoms with Crippen LogP contribution in [0.5, 0.6) is 0 Å². The number of amides is 1. The summed E-state index contributed by atoms with van der Waals surface area (Å²) in [6, 6.07) is 10.6. The first-order chi connectivity index (χ1) is 12.1. The fourth-order valence-corrected chi connectivity index (χ4v) is 4.56. The van der Waals surface area contributed by atoms with E-state index in [0.29, 0.717) is 5.95 Å². The van der Waals surface area contributed by atoms with Crippen molar-refractivity contribution in [3.05, 3.63) is 48.4 Å². The molecule has 4 aromatic rings. The molecule has 2 aromatic carbocycles. The van der Waals surface area contributed by atoms with E-state index in [9.17, 15) is 9.18 Å². The quantitative estimate of drug-likeness (QED) is 0.458. The summed E-state index contributed by atoms with van der Waals surface area (Å²) in [5, 5.41) is 3.41. The third-order valence-electron chi connectivity index (χ3n) is 3.69. The molecule has 0 aliphatic carbocycles. The Hall–Kier alpha value is -2.83. The van der Waals surface area contributed by atoms with Crippen LogP contribution in [0.1, 0.15) is 0 Å². The summed E-state index contributed by atoms with van der Waals surface area (Å²) in [5.74, 6) is 0.0901. The van der Waals surface area contributed by atoms with Gasteiger partial charge in [-0.05, 0) is 0 Å². The third kappa shape index (κ3) is 3.09. The van der Waals surface area contributed by atoms with Crippen molar-refractivity contribution >= 4 is 57.9 Å². The van der Waals surface area contributed by atoms with Gasteiger partial charge < -0.3 is 0 Å². The molecule has 0 saturated heterocycles. The van der Waals surface area contributed by atoms with E-state index in [-0.39, 0.29) is 20.8 Å². The van der Waals surface area contributed by atoms with Crippen LogP contribution in [-0.2, 0) is 4.74 Å². The molecule has 25 heavy (non-hydrogen) atoms. The molecule has 0 unspecified atom stereocenters. The molecule has 0 atom stereocenters. The summed E-state index contributed by atoms with van der Waals surface area (Å²) in [6.45, 7) is 0. The Kier molecular flexibility index (Phi) is 3.91. The Morgan fingerprint density at radius 2 is 2.12 bits per heavy atom. The zero-order valence-corrected chi connectivity index (χ0v) is 14.8. The molecule has 4 rings (SSSR count). The number of methoxy groups -OCH3 is 1. The van der Waals surface area contributed by atoms with Gasteiger partial charge in [0.25, 0.3) is 0 Å². The molecule has 0 bridgehead atoms. The van der Waals surface area contributed by atoms with E-state index in [4.69, 9.17) is 0 Å².